The number of hydrogen-bond acceptors (Lipinski definition) is 2. The number of carbonyl (C=O) groups is 1. The van der Waals surface area contributed by atoms with E-state index in [-0.39, 0.29) is 17.9 Å². The van der Waals surface area contributed by atoms with E-state index in [9.17, 15) is 9.18 Å². The van der Waals surface area contributed by atoms with E-state index in [1.807, 2.05) is 11.0 Å². The van der Waals surface area contributed by atoms with Crippen LogP contribution < -0.4 is 5.32 Å². The quantitative estimate of drug-likeness (QED) is 0.855. The van der Waals surface area contributed by atoms with E-state index in [1.54, 1.807) is 18.0 Å². The maximum Gasteiger partial charge on any atom is 0.320 e. The predicted octanol–water partition coefficient (Wildman–Crippen LogP) is 1.21. The minimum Gasteiger partial charge on any atom is -0.319 e. The molecule has 0 spiro atoms. The number of rotatable bonds is 2. The second-order valence-corrected chi connectivity index (χ2v) is 4.93. The van der Waals surface area contributed by atoms with E-state index in [0.717, 1.165) is 18.7 Å². The van der Waals surface area contributed by atoms with E-state index in [4.69, 9.17) is 0 Å². The van der Waals surface area contributed by atoms with Crippen LogP contribution >= 0.6 is 0 Å². The Labute approximate surface area is 105 Å². The number of nitrogens with zero attached hydrogens (tertiary/aromatic N) is 2. The molecular formula is C13H16FN3O. The van der Waals surface area contributed by atoms with Gasteiger partial charge in [-0.1, -0.05) is 12.1 Å². The maximum absolute atomic E-state index is 13.3. The molecule has 2 aliphatic heterocycles. The van der Waals surface area contributed by atoms with Gasteiger partial charge in [-0.15, -0.1) is 0 Å². The van der Waals surface area contributed by atoms with Gasteiger partial charge in [-0.05, 0) is 17.7 Å². The highest BCUT2D eigenvalue weighted by Gasteiger charge is 2.40. The Morgan fingerprint density at radius 2 is 2.17 bits per heavy atom. The van der Waals surface area contributed by atoms with E-state index in [0.29, 0.717) is 12.6 Å². The monoisotopic (exact) mass is 249 g/mol. The summed E-state index contributed by atoms with van der Waals surface area (Å²) in [6.07, 6.45) is 0. The summed E-state index contributed by atoms with van der Waals surface area (Å²) < 4.78 is 13.3. The fraction of sp³-hybridized carbons (Fsp3) is 0.462. The molecule has 5 heteroatoms. The molecule has 2 amide bonds. The third kappa shape index (κ3) is 1.75. The van der Waals surface area contributed by atoms with Crippen molar-refractivity contribution in [3.63, 3.8) is 0 Å². The van der Waals surface area contributed by atoms with Crippen LogP contribution in [0, 0.1) is 5.82 Å². The number of carbonyl (C=O) groups excluding carboxylic acids is 1. The van der Waals surface area contributed by atoms with Crippen molar-refractivity contribution in [2.24, 2.45) is 0 Å². The highest BCUT2D eigenvalue weighted by molar-refractivity contribution is 5.77. The van der Waals surface area contributed by atoms with E-state index < -0.39 is 0 Å². The van der Waals surface area contributed by atoms with Crippen molar-refractivity contribution in [2.75, 3.05) is 26.7 Å². The highest BCUT2D eigenvalue weighted by Crippen LogP contribution is 2.30. The van der Waals surface area contributed by atoms with Gasteiger partial charge in [0.05, 0.1) is 12.1 Å². The molecule has 18 heavy (non-hydrogen) atoms. The maximum atomic E-state index is 13.3. The number of urea groups is 1. The number of amides is 2. The molecule has 1 aromatic carbocycles. The Bertz CT molecular complexity index is 475. The van der Waals surface area contributed by atoms with Crippen molar-refractivity contribution in [3.05, 3.63) is 35.6 Å². The van der Waals surface area contributed by atoms with Crippen LogP contribution in [-0.4, -0.2) is 48.6 Å². The average Bonchev–Trinajstić information content (AvgIpc) is 2.56. The van der Waals surface area contributed by atoms with E-state index in [1.165, 1.54) is 12.1 Å². The van der Waals surface area contributed by atoms with Crippen LogP contribution in [0.15, 0.2) is 24.3 Å². The lowest BCUT2D eigenvalue weighted by molar-refractivity contribution is 0.162. The van der Waals surface area contributed by atoms with Gasteiger partial charge in [0.15, 0.2) is 0 Å². The highest BCUT2D eigenvalue weighted by atomic mass is 19.1. The van der Waals surface area contributed by atoms with Crippen LogP contribution in [0.4, 0.5) is 9.18 Å². The molecule has 1 unspecified atom stereocenters. The summed E-state index contributed by atoms with van der Waals surface area (Å²) in [5.74, 6) is -0.253. The number of halogens is 1. The molecule has 2 heterocycles. The first kappa shape index (κ1) is 11.5. The number of benzene rings is 1. The standard InChI is InChI=1S/C13H16FN3O/c1-16-12(9-3-2-4-10(14)5-9)8-17(13(16)18)11-6-15-7-11/h2-5,11-12,15H,6-8H2,1H3. The minimum absolute atomic E-state index is 0.0377. The lowest BCUT2D eigenvalue weighted by atomic mass is 10.1. The zero-order valence-electron chi connectivity index (χ0n) is 10.3. The molecule has 0 aliphatic carbocycles. The van der Waals surface area contributed by atoms with Crippen LogP contribution in [0.2, 0.25) is 0 Å². The van der Waals surface area contributed by atoms with Gasteiger partial charge in [-0.2, -0.15) is 0 Å². The summed E-state index contributed by atoms with van der Waals surface area (Å²) in [6.45, 7) is 2.36. The first-order valence-electron chi connectivity index (χ1n) is 6.16. The molecule has 96 valence electrons. The van der Waals surface area contributed by atoms with Gasteiger partial charge in [0.25, 0.3) is 0 Å². The number of likely N-dealkylation sites (N-methyl/N-ethyl adjacent to an activating group) is 1. The number of nitrogens with one attached hydrogen (secondary N) is 1. The first-order valence-corrected chi connectivity index (χ1v) is 6.16. The van der Waals surface area contributed by atoms with Crippen molar-refractivity contribution in [2.45, 2.75) is 12.1 Å². The average molecular weight is 249 g/mol. The van der Waals surface area contributed by atoms with Gasteiger partial charge in [-0.3, -0.25) is 0 Å². The fourth-order valence-corrected chi connectivity index (χ4v) is 2.56. The third-order valence-electron chi connectivity index (χ3n) is 3.82. The topological polar surface area (TPSA) is 35.6 Å². The summed E-state index contributed by atoms with van der Waals surface area (Å²) in [7, 11) is 1.78. The van der Waals surface area contributed by atoms with Gasteiger partial charge >= 0.3 is 6.03 Å². The van der Waals surface area contributed by atoms with E-state index >= 15 is 0 Å². The van der Waals surface area contributed by atoms with Crippen molar-refractivity contribution >= 4 is 6.03 Å². The Kier molecular flexibility index (Phi) is 2.70. The summed E-state index contributed by atoms with van der Waals surface area (Å²) in [4.78, 5) is 15.7. The van der Waals surface area contributed by atoms with Crippen LogP contribution in [0.25, 0.3) is 0 Å². The molecule has 2 aliphatic rings. The minimum atomic E-state index is -0.253. The van der Waals surface area contributed by atoms with Crippen molar-refractivity contribution < 1.29 is 9.18 Å². The molecule has 3 rings (SSSR count). The normalized spacial score (nSPS) is 24.6. The second-order valence-electron chi connectivity index (χ2n) is 4.93. The summed E-state index contributed by atoms with van der Waals surface area (Å²) in [5, 5.41) is 3.16. The van der Waals surface area contributed by atoms with Crippen LogP contribution in [0.1, 0.15) is 11.6 Å². The molecule has 0 aromatic heterocycles. The molecule has 2 fully saturated rings. The predicted molar refractivity (Wildman–Crippen MR) is 65.7 cm³/mol. The smallest absolute Gasteiger partial charge is 0.319 e. The Balaban J connectivity index is 1.83. The van der Waals surface area contributed by atoms with Crippen LogP contribution in [-0.2, 0) is 0 Å². The second kappa shape index (κ2) is 4.24. The molecular weight excluding hydrogens is 233 g/mol. The number of hydrogen-bond donors (Lipinski definition) is 1. The largest absolute Gasteiger partial charge is 0.320 e. The molecule has 1 aromatic rings. The van der Waals surface area contributed by atoms with Gasteiger partial charge in [0.1, 0.15) is 5.82 Å². The van der Waals surface area contributed by atoms with Gasteiger partial charge in [0, 0.05) is 26.7 Å². The van der Waals surface area contributed by atoms with Crippen molar-refractivity contribution in [1.29, 1.82) is 0 Å². The SMILES string of the molecule is CN1C(=O)N(C2CNC2)CC1c1cccc(F)c1. The molecule has 0 radical (unpaired) electrons. The Morgan fingerprint density at radius 3 is 2.78 bits per heavy atom. The Morgan fingerprint density at radius 1 is 1.39 bits per heavy atom. The van der Waals surface area contributed by atoms with Crippen molar-refractivity contribution in [3.8, 4) is 0 Å². The van der Waals surface area contributed by atoms with Crippen LogP contribution in [0.5, 0.6) is 0 Å². The fourth-order valence-electron chi connectivity index (χ4n) is 2.56. The molecule has 4 nitrogen and oxygen atoms in total. The summed E-state index contributed by atoms with van der Waals surface area (Å²) in [5.41, 5.74) is 0.862. The lowest BCUT2D eigenvalue weighted by Crippen LogP contribution is -2.57. The molecule has 2 saturated heterocycles. The van der Waals surface area contributed by atoms with Crippen LogP contribution in [0.3, 0.4) is 0 Å². The van der Waals surface area contributed by atoms with Crippen molar-refractivity contribution in [1.82, 2.24) is 15.1 Å². The lowest BCUT2D eigenvalue weighted by Gasteiger charge is -2.34. The van der Waals surface area contributed by atoms with Gasteiger partial charge < -0.3 is 15.1 Å². The summed E-state index contributed by atoms with van der Waals surface area (Å²) in [6, 6.07) is 6.78. The van der Waals surface area contributed by atoms with E-state index in [2.05, 4.69) is 5.32 Å². The van der Waals surface area contributed by atoms with Gasteiger partial charge in [0.2, 0.25) is 0 Å². The van der Waals surface area contributed by atoms with Gasteiger partial charge in [-0.25, -0.2) is 9.18 Å². The molecule has 0 saturated carbocycles. The zero-order chi connectivity index (χ0) is 12.7. The Hall–Kier alpha value is -1.62. The summed E-state index contributed by atoms with van der Waals surface area (Å²) >= 11 is 0. The first-order chi connectivity index (χ1) is 8.66. The third-order valence-corrected chi connectivity index (χ3v) is 3.82. The molecule has 1 N–H and O–H groups in total. The zero-order valence-corrected chi connectivity index (χ0v) is 10.3. The molecule has 1 atom stereocenters. The molecule has 0 bridgehead atoms.